The molecule has 0 saturated heterocycles. The van der Waals surface area contributed by atoms with Crippen molar-refractivity contribution in [1.82, 2.24) is 0 Å². The molecule has 0 aromatic heterocycles. The van der Waals surface area contributed by atoms with Crippen LogP contribution in [0.3, 0.4) is 0 Å². The Bertz CT molecular complexity index is 671. The smallest absolute Gasteiger partial charge is 0.204 e. The van der Waals surface area contributed by atoms with Gasteiger partial charge in [0.25, 0.3) is 0 Å². The molecule has 2 rings (SSSR count). The van der Waals surface area contributed by atoms with Crippen molar-refractivity contribution in [2.45, 2.75) is 20.0 Å². The van der Waals surface area contributed by atoms with Gasteiger partial charge in [0.05, 0.1) is 0 Å². The van der Waals surface area contributed by atoms with Crippen molar-refractivity contribution in [3.63, 3.8) is 0 Å². The van der Waals surface area contributed by atoms with Crippen LogP contribution in [-0.4, -0.2) is 17.3 Å². The molecule has 0 spiro atoms. The van der Waals surface area contributed by atoms with Crippen molar-refractivity contribution in [2.75, 3.05) is 0 Å². The number of Topliss-reactive ketones (excluding diaryl/α,β-unsaturated/α-hetero) is 1. The first-order valence-corrected chi connectivity index (χ1v) is 6.61. The predicted octanol–water partition coefficient (Wildman–Crippen LogP) is 2.46. The van der Waals surface area contributed by atoms with Crippen LogP contribution in [0.4, 0.5) is 4.39 Å². The van der Waals surface area contributed by atoms with Gasteiger partial charge in [-0.1, -0.05) is 42.0 Å². The Morgan fingerprint density at radius 3 is 2.41 bits per heavy atom. The van der Waals surface area contributed by atoms with E-state index in [2.05, 4.69) is 5.73 Å². The highest BCUT2D eigenvalue weighted by Gasteiger charge is 2.19. The number of amides is 1. The van der Waals surface area contributed by atoms with E-state index in [0.717, 1.165) is 11.6 Å². The lowest BCUT2D eigenvalue weighted by atomic mass is 9.98. The second-order valence-electron chi connectivity index (χ2n) is 4.78. The number of primary amides is 1. The van der Waals surface area contributed by atoms with Gasteiger partial charge in [-0.25, -0.2) is 4.39 Å². The average Bonchev–Trinajstić information content (AvgIpc) is 2.49. The summed E-state index contributed by atoms with van der Waals surface area (Å²) in [7, 11) is 0. The maximum atomic E-state index is 13.4. The van der Waals surface area contributed by atoms with Gasteiger partial charge in [0.2, 0.25) is 6.41 Å². The van der Waals surface area contributed by atoms with E-state index in [1.54, 1.807) is 25.1 Å². The van der Waals surface area contributed by atoms with E-state index in [1.165, 1.54) is 12.1 Å². The van der Waals surface area contributed by atoms with Gasteiger partial charge in [-0.3, -0.25) is 9.59 Å². The second-order valence-corrected chi connectivity index (χ2v) is 4.78. The molecule has 0 bridgehead atoms. The molecule has 1 unspecified atom stereocenters. The van der Waals surface area contributed by atoms with Gasteiger partial charge < -0.3 is 10.8 Å². The molecule has 0 heterocycles. The normalized spacial score (nSPS) is 11.1. The lowest BCUT2D eigenvalue weighted by molar-refractivity contribution is -0.106. The SMILES string of the molecule is Cc1cccc(C(O)C(=O)c2ccc(C)c(F)c2)c1.NC=O. The van der Waals surface area contributed by atoms with Crippen molar-refractivity contribution in [3.05, 3.63) is 70.5 Å². The van der Waals surface area contributed by atoms with E-state index < -0.39 is 17.7 Å². The molecule has 0 aliphatic rings. The number of carbonyl (C=O) groups is 2. The summed E-state index contributed by atoms with van der Waals surface area (Å²) in [6, 6.07) is 11.3. The maximum Gasteiger partial charge on any atom is 0.204 e. The highest BCUT2D eigenvalue weighted by molar-refractivity contribution is 5.99. The number of aryl methyl sites for hydroxylation is 2. The zero-order chi connectivity index (χ0) is 16.7. The number of hydrogen-bond donors (Lipinski definition) is 2. The summed E-state index contributed by atoms with van der Waals surface area (Å²) in [5.74, 6) is -0.938. The molecule has 116 valence electrons. The van der Waals surface area contributed by atoms with Crippen LogP contribution in [0.1, 0.15) is 33.2 Å². The first-order chi connectivity index (χ1) is 10.4. The van der Waals surface area contributed by atoms with E-state index in [9.17, 15) is 14.3 Å². The fourth-order valence-electron chi connectivity index (χ4n) is 1.90. The van der Waals surface area contributed by atoms with E-state index in [-0.39, 0.29) is 12.0 Å². The molecule has 1 amide bonds. The largest absolute Gasteiger partial charge is 0.380 e. The van der Waals surface area contributed by atoms with Gasteiger partial charge in [-0.05, 0) is 31.0 Å². The average molecular weight is 303 g/mol. The zero-order valence-corrected chi connectivity index (χ0v) is 12.4. The van der Waals surface area contributed by atoms with Crippen LogP contribution in [0.5, 0.6) is 0 Å². The Hall–Kier alpha value is -2.53. The molecule has 4 nitrogen and oxygen atoms in total. The zero-order valence-electron chi connectivity index (χ0n) is 12.4. The Balaban J connectivity index is 0.000000745. The predicted molar refractivity (Wildman–Crippen MR) is 81.9 cm³/mol. The van der Waals surface area contributed by atoms with Crippen LogP contribution < -0.4 is 5.73 Å². The summed E-state index contributed by atoms with van der Waals surface area (Å²) in [4.78, 5) is 20.7. The maximum absolute atomic E-state index is 13.4. The minimum absolute atomic E-state index is 0.178. The second kappa shape index (κ2) is 8.05. The number of aliphatic hydroxyl groups is 1. The minimum Gasteiger partial charge on any atom is -0.380 e. The highest BCUT2D eigenvalue weighted by Crippen LogP contribution is 2.20. The lowest BCUT2D eigenvalue weighted by Gasteiger charge is -2.11. The summed E-state index contributed by atoms with van der Waals surface area (Å²) >= 11 is 0. The first kappa shape index (κ1) is 17.5. The number of aliphatic hydroxyl groups excluding tert-OH is 1. The third kappa shape index (κ3) is 4.49. The molecule has 22 heavy (non-hydrogen) atoms. The van der Waals surface area contributed by atoms with Crippen molar-refractivity contribution >= 4 is 12.2 Å². The molecule has 0 aliphatic carbocycles. The molecule has 5 heteroatoms. The van der Waals surface area contributed by atoms with Gasteiger partial charge in [0.15, 0.2) is 5.78 Å². The molecule has 2 aromatic carbocycles. The van der Waals surface area contributed by atoms with Crippen molar-refractivity contribution in [1.29, 1.82) is 0 Å². The van der Waals surface area contributed by atoms with E-state index in [1.807, 2.05) is 13.0 Å². The van der Waals surface area contributed by atoms with Crippen molar-refractivity contribution in [3.8, 4) is 0 Å². The number of hydrogen-bond acceptors (Lipinski definition) is 3. The summed E-state index contributed by atoms with van der Waals surface area (Å²) in [6.45, 7) is 3.51. The Morgan fingerprint density at radius 2 is 1.86 bits per heavy atom. The number of ketones is 1. The van der Waals surface area contributed by atoms with Crippen molar-refractivity contribution < 1.29 is 19.1 Å². The summed E-state index contributed by atoms with van der Waals surface area (Å²) in [6.07, 6.45) is -1.01. The van der Waals surface area contributed by atoms with Crippen LogP contribution in [0.2, 0.25) is 0 Å². The minimum atomic E-state index is -1.26. The van der Waals surface area contributed by atoms with Gasteiger partial charge >= 0.3 is 0 Å². The molecular formula is C17H18FNO3. The van der Waals surface area contributed by atoms with Crippen LogP contribution >= 0.6 is 0 Å². The quantitative estimate of drug-likeness (QED) is 0.675. The molecule has 1 atom stereocenters. The Morgan fingerprint density at radius 1 is 1.23 bits per heavy atom. The third-order valence-electron chi connectivity index (χ3n) is 3.06. The first-order valence-electron chi connectivity index (χ1n) is 6.61. The molecule has 0 aliphatic heterocycles. The molecule has 0 saturated carbocycles. The van der Waals surface area contributed by atoms with E-state index in [0.29, 0.717) is 11.1 Å². The number of benzene rings is 2. The van der Waals surface area contributed by atoms with E-state index >= 15 is 0 Å². The van der Waals surface area contributed by atoms with Crippen LogP contribution in [0.25, 0.3) is 0 Å². The molecule has 0 fully saturated rings. The van der Waals surface area contributed by atoms with Gasteiger partial charge in [-0.15, -0.1) is 0 Å². The van der Waals surface area contributed by atoms with Gasteiger partial charge in [0, 0.05) is 5.56 Å². The summed E-state index contributed by atoms with van der Waals surface area (Å²) in [5.41, 5.74) is 6.30. The molecule has 2 aromatic rings. The lowest BCUT2D eigenvalue weighted by Crippen LogP contribution is -2.12. The van der Waals surface area contributed by atoms with Crippen molar-refractivity contribution in [2.24, 2.45) is 5.73 Å². The van der Waals surface area contributed by atoms with Crippen LogP contribution in [-0.2, 0) is 4.79 Å². The molecule has 0 radical (unpaired) electrons. The number of nitrogens with two attached hydrogens (primary N) is 1. The fourth-order valence-corrected chi connectivity index (χ4v) is 1.90. The summed E-state index contributed by atoms with van der Waals surface area (Å²) < 4.78 is 13.4. The summed E-state index contributed by atoms with van der Waals surface area (Å²) in [5, 5.41) is 10.1. The number of halogens is 1. The standard InChI is InChI=1S/C16H15FO2.CH3NO/c1-10-4-3-5-12(8-10)15(18)16(19)13-7-6-11(2)14(17)9-13;2-1-3/h3-9,15,18H,1-2H3;1H,(H2,2,3). The highest BCUT2D eigenvalue weighted by atomic mass is 19.1. The number of rotatable bonds is 3. The van der Waals surface area contributed by atoms with Crippen LogP contribution in [0.15, 0.2) is 42.5 Å². The molecular weight excluding hydrogens is 285 g/mol. The number of carbonyl (C=O) groups excluding carboxylic acids is 2. The fraction of sp³-hybridized carbons (Fsp3) is 0.176. The Kier molecular flexibility index (Phi) is 6.41. The van der Waals surface area contributed by atoms with Gasteiger partial charge in [-0.2, -0.15) is 0 Å². The third-order valence-corrected chi connectivity index (χ3v) is 3.06. The van der Waals surface area contributed by atoms with Gasteiger partial charge in [0.1, 0.15) is 11.9 Å². The topological polar surface area (TPSA) is 80.4 Å². The van der Waals surface area contributed by atoms with E-state index in [4.69, 9.17) is 4.79 Å². The van der Waals surface area contributed by atoms with Crippen LogP contribution in [0, 0.1) is 19.7 Å². The molecule has 3 N–H and O–H groups in total. The monoisotopic (exact) mass is 303 g/mol. The Labute approximate surface area is 128 Å².